The molecule has 6 heteroatoms. The van der Waals surface area contributed by atoms with Crippen molar-refractivity contribution >= 4 is 23.3 Å². The summed E-state index contributed by atoms with van der Waals surface area (Å²) in [6.45, 7) is 5.58. The number of piperazine rings is 1. The zero-order chi connectivity index (χ0) is 14.5. The van der Waals surface area contributed by atoms with E-state index in [0.29, 0.717) is 18.8 Å². The number of nitrogens with zero attached hydrogens (tertiary/aromatic N) is 2. The molecule has 6 nitrogen and oxygen atoms in total. The fraction of sp³-hybridized carbons (Fsp3) is 0.500. The monoisotopic (exact) mass is 276 g/mol. The first-order valence-corrected chi connectivity index (χ1v) is 6.88. The van der Waals surface area contributed by atoms with E-state index in [1.54, 1.807) is 6.20 Å². The summed E-state index contributed by atoms with van der Waals surface area (Å²) in [5.74, 6) is 0.744. The van der Waals surface area contributed by atoms with Crippen LogP contribution in [0.3, 0.4) is 0 Å². The Kier molecular flexibility index (Phi) is 4.55. The maximum Gasteiger partial charge on any atom is 0.239 e. The third kappa shape index (κ3) is 3.46. The molecule has 108 valence electrons. The molecule has 1 aromatic heterocycles. The zero-order valence-electron chi connectivity index (χ0n) is 11.8. The van der Waals surface area contributed by atoms with E-state index < -0.39 is 0 Å². The van der Waals surface area contributed by atoms with Crippen LogP contribution >= 0.6 is 0 Å². The van der Waals surface area contributed by atoms with Gasteiger partial charge in [-0.2, -0.15) is 0 Å². The van der Waals surface area contributed by atoms with Crippen molar-refractivity contribution in [3.8, 4) is 0 Å². The number of carbonyl (C=O) groups is 2. The minimum atomic E-state index is -0.0135. The van der Waals surface area contributed by atoms with Crippen molar-refractivity contribution in [2.24, 2.45) is 5.92 Å². The molecule has 0 aromatic carbocycles. The van der Waals surface area contributed by atoms with Gasteiger partial charge in [0.05, 0.1) is 18.4 Å². The minimum absolute atomic E-state index is 0.000555. The molecule has 1 aliphatic rings. The van der Waals surface area contributed by atoms with Crippen LogP contribution in [0.25, 0.3) is 0 Å². The highest BCUT2D eigenvalue weighted by molar-refractivity contribution is 5.92. The van der Waals surface area contributed by atoms with Crippen LogP contribution in [-0.2, 0) is 9.59 Å². The van der Waals surface area contributed by atoms with Crippen LogP contribution in [0.4, 0.5) is 11.5 Å². The van der Waals surface area contributed by atoms with Crippen LogP contribution in [0.15, 0.2) is 18.3 Å². The molecule has 0 radical (unpaired) electrons. The zero-order valence-corrected chi connectivity index (χ0v) is 11.8. The second-order valence-electron chi connectivity index (χ2n) is 4.98. The van der Waals surface area contributed by atoms with E-state index in [9.17, 15) is 9.59 Å². The first-order valence-electron chi connectivity index (χ1n) is 6.88. The number of aromatic nitrogens is 1. The summed E-state index contributed by atoms with van der Waals surface area (Å²) in [7, 11) is 0. The van der Waals surface area contributed by atoms with Gasteiger partial charge < -0.3 is 15.5 Å². The Hall–Kier alpha value is -2.11. The molecule has 1 atom stereocenters. The molecule has 1 saturated heterocycles. The largest absolute Gasteiger partial charge is 0.353 e. The van der Waals surface area contributed by atoms with Gasteiger partial charge in [0.15, 0.2) is 0 Å². The molecule has 0 unspecified atom stereocenters. The number of hydrogen-bond acceptors (Lipinski definition) is 4. The topological polar surface area (TPSA) is 74.3 Å². The number of anilines is 2. The first-order chi connectivity index (χ1) is 9.60. The summed E-state index contributed by atoms with van der Waals surface area (Å²) in [6, 6.07) is 3.64. The van der Waals surface area contributed by atoms with E-state index in [1.165, 1.54) is 0 Å². The van der Waals surface area contributed by atoms with E-state index in [1.807, 2.05) is 30.9 Å². The smallest absolute Gasteiger partial charge is 0.239 e. The normalized spacial score (nSPS) is 16.5. The minimum Gasteiger partial charge on any atom is -0.353 e. The molecule has 0 saturated carbocycles. The predicted molar refractivity (Wildman–Crippen MR) is 77.5 cm³/mol. The van der Waals surface area contributed by atoms with Crippen LogP contribution in [-0.4, -0.2) is 36.4 Å². The van der Waals surface area contributed by atoms with Gasteiger partial charge >= 0.3 is 0 Å². The van der Waals surface area contributed by atoms with E-state index in [-0.39, 0.29) is 17.7 Å². The molecule has 0 spiro atoms. The highest BCUT2D eigenvalue weighted by Crippen LogP contribution is 2.15. The van der Waals surface area contributed by atoms with Gasteiger partial charge in [-0.1, -0.05) is 13.8 Å². The Balaban J connectivity index is 1.99. The number of nitrogens with one attached hydrogen (secondary N) is 2. The van der Waals surface area contributed by atoms with Gasteiger partial charge in [-0.05, 0) is 18.6 Å². The van der Waals surface area contributed by atoms with Crippen LogP contribution in [0, 0.1) is 5.92 Å². The van der Waals surface area contributed by atoms with Crippen molar-refractivity contribution < 1.29 is 9.59 Å². The third-order valence-corrected chi connectivity index (χ3v) is 3.44. The molecule has 0 aliphatic carbocycles. The lowest BCUT2D eigenvalue weighted by molar-refractivity contribution is -0.120. The lowest BCUT2D eigenvalue weighted by Crippen LogP contribution is -2.48. The molecular weight excluding hydrogens is 256 g/mol. The molecule has 1 aliphatic heterocycles. The number of pyridine rings is 1. The number of carbonyl (C=O) groups excluding carboxylic acids is 2. The average molecular weight is 276 g/mol. The van der Waals surface area contributed by atoms with Gasteiger partial charge in [0.1, 0.15) is 5.82 Å². The van der Waals surface area contributed by atoms with Gasteiger partial charge in [-0.25, -0.2) is 4.98 Å². The van der Waals surface area contributed by atoms with Gasteiger partial charge in [-0.3, -0.25) is 9.59 Å². The molecule has 2 rings (SSSR count). The summed E-state index contributed by atoms with van der Waals surface area (Å²) in [6.07, 6.45) is 2.43. The molecule has 2 amide bonds. The summed E-state index contributed by atoms with van der Waals surface area (Å²) in [5, 5.41) is 5.61. The molecule has 1 aromatic rings. The Morgan fingerprint density at radius 2 is 2.35 bits per heavy atom. The summed E-state index contributed by atoms with van der Waals surface area (Å²) >= 11 is 0. The summed E-state index contributed by atoms with van der Waals surface area (Å²) in [5.41, 5.74) is 0.681. The lowest BCUT2D eigenvalue weighted by Gasteiger charge is -2.27. The van der Waals surface area contributed by atoms with Crippen molar-refractivity contribution in [2.45, 2.75) is 20.3 Å². The summed E-state index contributed by atoms with van der Waals surface area (Å²) < 4.78 is 0. The fourth-order valence-corrected chi connectivity index (χ4v) is 1.93. The van der Waals surface area contributed by atoms with Gasteiger partial charge in [0.25, 0.3) is 0 Å². The SMILES string of the molecule is CC[C@H](C)C(=O)Nc1ccc(N2CCNC(=O)C2)nc1. The summed E-state index contributed by atoms with van der Waals surface area (Å²) in [4.78, 5) is 29.3. The highest BCUT2D eigenvalue weighted by Gasteiger charge is 2.17. The molecule has 2 heterocycles. The van der Waals surface area contributed by atoms with Crippen molar-refractivity contribution in [3.63, 3.8) is 0 Å². The van der Waals surface area contributed by atoms with Crippen molar-refractivity contribution in [1.82, 2.24) is 10.3 Å². The Labute approximate surface area is 118 Å². The second-order valence-corrected chi connectivity index (χ2v) is 4.98. The number of rotatable bonds is 4. The molecule has 1 fully saturated rings. The van der Waals surface area contributed by atoms with E-state index in [4.69, 9.17) is 0 Å². The van der Waals surface area contributed by atoms with E-state index in [0.717, 1.165) is 18.8 Å². The molecule has 2 N–H and O–H groups in total. The Morgan fingerprint density at radius 1 is 1.55 bits per heavy atom. The molecule has 0 bridgehead atoms. The molecule has 20 heavy (non-hydrogen) atoms. The van der Waals surface area contributed by atoms with Crippen LogP contribution < -0.4 is 15.5 Å². The fourth-order valence-electron chi connectivity index (χ4n) is 1.93. The highest BCUT2D eigenvalue weighted by atomic mass is 16.2. The van der Waals surface area contributed by atoms with Crippen LogP contribution in [0.2, 0.25) is 0 Å². The molecular formula is C14H20N4O2. The van der Waals surface area contributed by atoms with Gasteiger partial charge in [0, 0.05) is 19.0 Å². The van der Waals surface area contributed by atoms with Crippen LogP contribution in [0.5, 0.6) is 0 Å². The number of amides is 2. The Bertz CT molecular complexity index is 486. The number of hydrogen-bond donors (Lipinski definition) is 2. The quantitative estimate of drug-likeness (QED) is 0.860. The van der Waals surface area contributed by atoms with Gasteiger partial charge in [0.2, 0.25) is 11.8 Å². The first kappa shape index (κ1) is 14.3. The van der Waals surface area contributed by atoms with Gasteiger partial charge in [-0.15, -0.1) is 0 Å². The van der Waals surface area contributed by atoms with E-state index >= 15 is 0 Å². The van der Waals surface area contributed by atoms with Crippen molar-refractivity contribution in [2.75, 3.05) is 29.9 Å². The van der Waals surface area contributed by atoms with Crippen molar-refractivity contribution in [1.29, 1.82) is 0 Å². The standard InChI is InChI=1S/C14H20N4O2/c1-3-10(2)14(20)17-11-4-5-12(16-8-11)18-7-6-15-13(19)9-18/h4-5,8,10H,3,6-7,9H2,1-2H3,(H,15,19)(H,17,20)/t10-/m0/s1. The van der Waals surface area contributed by atoms with Crippen LogP contribution in [0.1, 0.15) is 20.3 Å². The third-order valence-electron chi connectivity index (χ3n) is 3.44. The second kappa shape index (κ2) is 6.36. The van der Waals surface area contributed by atoms with Crippen molar-refractivity contribution in [3.05, 3.63) is 18.3 Å². The average Bonchev–Trinajstić information content (AvgIpc) is 2.47. The lowest BCUT2D eigenvalue weighted by atomic mass is 10.1. The maximum atomic E-state index is 11.8. The maximum absolute atomic E-state index is 11.8. The predicted octanol–water partition coefficient (Wildman–Crippen LogP) is 1.00. The Morgan fingerprint density at radius 3 is 2.95 bits per heavy atom. The van der Waals surface area contributed by atoms with E-state index in [2.05, 4.69) is 15.6 Å².